The van der Waals surface area contributed by atoms with Crippen molar-refractivity contribution in [3.05, 3.63) is 75.8 Å². The molecule has 9 nitrogen and oxygen atoms in total. The monoisotopic (exact) mass is 584 g/mol. The van der Waals surface area contributed by atoms with Gasteiger partial charge in [-0.3, -0.25) is 19.7 Å². The Hall–Kier alpha value is -3.93. The molecule has 0 aliphatic carbocycles. The van der Waals surface area contributed by atoms with Crippen LogP contribution in [0.2, 0.25) is 0 Å². The van der Waals surface area contributed by atoms with Gasteiger partial charge in [0.25, 0.3) is 11.1 Å². The van der Waals surface area contributed by atoms with Crippen molar-refractivity contribution in [2.24, 2.45) is 5.92 Å². The largest absolute Gasteiger partial charge is 0.341 e. The van der Waals surface area contributed by atoms with E-state index < -0.39 is 5.91 Å². The first kappa shape index (κ1) is 27.3. The van der Waals surface area contributed by atoms with Gasteiger partial charge in [0.15, 0.2) is 5.78 Å². The molecule has 6 rings (SSSR count). The number of aromatic nitrogens is 3. The molecule has 2 saturated heterocycles. The highest BCUT2D eigenvalue weighted by Crippen LogP contribution is 2.32. The molecule has 41 heavy (non-hydrogen) atoms. The molecule has 2 amide bonds. The lowest BCUT2D eigenvalue weighted by atomic mass is 9.97. The van der Waals surface area contributed by atoms with Crippen molar-refractivity contribution in [1.29, 1.82) is 0 Å². The standard InChI is InChI=1S/C30H28N6O3S2/c1-18(37)24-6-7-25(40-24)27-21(14-20-4-2-3-5-23(20)34-27)17-31-16-19-9-12-36(13-10-19)29-32-11-8-22(33-29)15-26-28(38)35-30(39)41-26/h2-8,11,14-15,19,31H,9-10,12-13,16-17H2,1H3,(H,35,38,39)/b26-15-. The molecule has 0 spiro atoms. The molecule has 2 fully saturated rings. The lowest BCUT2D eigenvalue weighted by Crippen LogP contribution is -2.38. The number of rotatable bonds is 8. The number of amides is 2. The molecule has 3 aromatic heterocycles. The third-order valence-electron chi connectivity index (χ3n) is 7.22. The van der Waals surface area contributed by atoms with Crippen LogP contribution in [0.3, 0.4) is 0 Å². The van der Waals surface area contributed by atoms with E-state index >= 15 is 0 Å². The van der Waals surface area contributed by atoms with Crippen molar-refractivity contribution in [2.45, 2.75) is 26.3 Å². The Kier molecular flexibility index (Phi) is 7.91. The normalized spacial score (nSPS) is 17.0. The number of thiophene rings is 1. The number of fused-ring (bicyclic) bond motifs is 1. The number of carbonyl (C=O) groups excluding carboxylic acids is 3. The second-order valence-electron chi connectivity index (χ2n) is 10.1. The molecule has 1 aromatic carbocycles. The zero-order valence-corrected chi connectivity index (χ0v) is 24.1. The molecule has 2 N–H and O–H groups in total. The van der Waals surface area contributed by atoms with Crippen LogP contribution < -0.4 is 15.5 Å². The Morgan fingerprint density at radius 1 is 1.12 bits per heavy atom. The molecule has 2 aliphatic heterocycles. The summed E-state index contributed by atoms with van der Waals surface area (Å²) in [6.45, 7) is 4.85. The highest BCUT2D eigenvalue weighted by Gasteiger charge is 2.26. The van der Waals surface area contributed by atoms with E-state index in [0.29, 0.717) is 29.0 Å². The average Bonchev–Trinajstić information content (AvgIpc) is 3.59. The summed E-state index contributed by atoms with van der Waals surface area (Å²) >= 11 is 2.37. The van der Waals surface area contributed by atoms with Crippen LogP contribution in [-0.4, -0.2) is 51.5 Å². The quantitative estimate of drug-likeness (QED) is 0.211. The number of hydrogen-bond acceptors (Lipinski definition) is 10. The van der Waals surface area contributed by atoms with Gasteiger partial charge in [0.1, 0.15) is 0 Å². The summed E-state index contributed by atoms with van der Waals surface area (Å²) in [5, 5.41) is 6.65. The van der Waals surface area contributed by atoms with Crippen molar-refractivity contribution in [3.8, 4) is 10.6 Å². The van der Waals surface area contributed by atoms with E-state index in [0.717, 1.165) is 76.2 Å². The van der Waals surface area contributed by atoms with Gasteiger partial charge in [-0.2, -0.15) is 0 Å². The minimum atomic E-state index is -0.392. The predicted molar refractivity (Wildman–Crippen MR) is 163 cm³/mol. The number of ketones is 1. The van der Waals surface area contributed by atoms with Crippen LogP contribution in [0.25, 0.3) is 27.6 Å². The number of nitrogens with zero attached hydrogens (tertiary/aromatic N) is 4. The summed E-state index contributed by atoms with van der Waals surface area (Å²) in [7, 11) is 0. The van der Waals surface area contributed by atoms with Gasteiger partial charge >= 0.3 is 0 Å². The van der Waals surface area contributed by atoms with Crippen LogP contribution in [0.1, 0.15) is 40.7 Å². The molecule has 2 aliphatic rings. The number of imide groups is 1. The smallest absolute Gasteiger partial charge is 0.290 e. The van der Waals surface area contributed by atoms with Gasteiger partial charge in [0, 0.05) is 31.2 Å². The van der Waals surface area contributed by atoms with Crippen LogP contribution in [0.4, 0.5) is 10.7 Å². The zero-order valence-electron chi connectivity index (χ0n) is 22.4. The third-order valence-corrected chi connectivity index (χ3v) is 9.22. The third kappa shape index (κ3) is 6.22. The minimum Gasteiger partial charge on any atom is -0.341 e. The Bertz CT molecular complexity index is 1680. The summed E-state index contributed by atoms with van der Waals surface area (Å²) in [6.07, 6.45) is 5.32. The summed E-state index contributed by atoms with van der Waals surface area (Å²) in [6, 6.07) is 15.9. The van der Waals surface area contributed by atoms with Gasteiger partial charge < -0.3 is 10.2 Å². The van der Waals surface area contributed by atoms with Gasteiger partial charge in [0.05, 0.1) is 31.6 Å². The molecule has 0 bridgehead atoms. The number of nitrogens with one attached hydrogen (secondary N) is 2. The SMILES string of the molecule is CC(=O)c1ccc(-c2nc3ccccc3cc2CNCC2CCN(c3nccc(/C=C4\SC(=O)NC4=O)n3)CC2)s1. The maximum absolute atomic E-state index is 11.9. The first-order chi connectivity index (χ1) is 19.9. The number of pyridine rings is 1. The summed E-state index contributed by atoms with van der Waals surface area (Å²) < 4.78 is 0. The maximum atomic E-state index is 11.9. The van der Waals surface area contributed by atoms with E-state index in [2.05, 4.69) is 37.6 Å². The molecule has 208 valence electrons. The Morgan fingerprint density at radius 2 is 1.95 bits per heavy atom. The highest BCUT2D eigenvalue weighted by atomic mass is 32.2. The Balaban J connectivity index is 1.08. The number of para-hydroxylation sites is 1. The molecule has 4 aromatic rings. The molecular formula is C30H28N6O3S2. The van der Waals surface area contributed by atoms with Crippen molar-refractivity contribution in [3.63, 3.8) is 0 Å². The van der Waals surface area contributed by atoms with Gasteiger partial charge in [-0.05, 0) is 86.0 Å². The van der Waals surface area contributed by atoms with E-state index in [9.17, 15) is 14.4 Å². The Morgan fingerprint density at radius 3 is 2.71 bits per heavy atom. The number of Topliss-reactive ketones (excluding diaryl/α,β-unsaturated/α-hetero) is 1. The second kappa shape index (κ2) is 11.9. The van der Waals surface area contributed by atoms with Gasteiger partial charge in [-0.25, -0.2) is 15.0 Å². The van der Waals surface area contributed by atoms with E-state index in [-0.39, 0.29) is 11.0 Å². The topological polar surface area (TPSA) is 117 Å². The molecule has 0 saturated carbocycles. The highest BCUT2D eigenvalue weighted by molar-refractivity contribution is 8.18. The van der Waals surface area contributed by atoms with Crippen molar-refractivity contribution < 1.29 is 14.4 Å². The van der Waals surface area contributed by atoms with Gasteiger partial charge in [-0.15, -0.1) is 11.3 Å². The zero-order chi connectivity index (χ0) is 28.3. The molecule has 0 radical (unpaired) electrons. The summed E-state index contributed by atoms with van der Waals surface area (Å²) in [5.74, 6) is 0.826. The van der Waals surface area contributed by atoms with Crippen LogP contribution in [0.5, 0.6) is 0 Å². The number of piperidine rings is 1. The van der Waals surface area contributed by atoms with Crippen LogP contribution in [0, 0.1) is 5.92 Å². The number of benzene rings is 1. The van der Waals surface area contributed by atoms with Crippen molar-refractivity contribution in [1.82, 2.24) is 25.6 Å². The number of carbonyl (C=O) groups is 3. The van der Waals surface area contributed by atoms with E-state index in [1.807, 2.05) is 30.3 Å². The van der Waals surface area contributed by atoms with Crippen LogP contribution in [0.15, 0.2) is 59.6 Å². The predicted octanol–water partition coefficient (Wildman–Crippen LogP) is 5.29. The lowest BCUT2D eigenvalue weighted by Gasteiger charge is -2.32. The molecular weight excluding hydrogens is 557 g/mol. The number of anilines is 1. The summed E-state index contributed by atoms with van der Waals surface area (Å²) in [5.41, 5.74) is 3.59. The first-order valence-electron chi connectivity index (χ1n) is 13.5. The second-order valence-corrected chi connectivity index (χ2v) is 12.2. The first-order valence-corrected chi connectivity index (χ1v) is 15.1. The molecule has 0 unspecified atom stereocenters. The van der Waals surface area contributed by atoms with Crippen LogP contribution in [-0.2, 0) is 11.3 Å². The fourth-order valence-electron chi connectivity index (χ4n) is 5.06. The average molecular weight is 585 g/mol. The fraction of sp³-hybridized carbons (Fsp3) is 0.267. The molecule has 0 atom stereocenters. The summed E-state index contributed by atoms with van der Waals surface area (Å²) in [4.78, 5) is 53.5. The van der Waals surface area contributed by atoms with E-state index in [1.54, 1.807) is 25.3 Å². The van der Waals surface area contributed by atoms with Crippen molar-refractivity contribution >= 4 is 63.0 Å². The lowest BCUT2D eigenvalue weighted by molar-refractivity contribution is -0.115. The van der Waals surface area contributed by atoms with Crippen molar-refractivity contribution in [2.75, 3.05) is 24.5 Å². The van der Waals surface area contributed by atoms with Crippen LogP contribution >= 0.6 is 23.1 Å². The van der Waals surface area contributed by atoms with E-state index in [1.165, 1.54) is 11.3 Å². The minimum absolute atomic E-state index is 0.0684. The van der Waals surface area contributed by atoms with Gasteiger partial charge in [-0.1, -0.05) is 18.2 Å². The molecule has 5 heterocycles. The molecule has 11 heteroatoms. The fourth-order valence-corrected chi connectivity index (χ4v) is 6.65. The maximum Gasteiger partial charge on any atom is 0.290 e. The van der Waals surface area contributed by atoms with Gasteiger partial charge in [0.2, 0.25) is 5.95 Å². The number of hydrogen-bond donors (Lipinski definition) is 2. The van der Waals surface area contributed by atoms with E-state index in [4.69, 9.17) is 4.98 Å². The number of thioether (sulfide) groups is 1. The Labute approximate surface area is 245 Å².